The molecular formula is C37H4F12N8. The zero-order valence-corrected chi connectivity index (χ0v) is 26.9. The fraction of sp³-hybridized carbons (Fsp3) is 0.0811. The first kappa shape index (κ1) is 39.9. The molecule has 20 heteroatoms. The highest BCUT2D eigenvalue weighted by Gasteiger charge is 2.47. The number of nitriles is 8. The van der Waals surface area contributed by atoms with Gasteiger partial charge in [-0.25, -0.2) is 13.2 Å². The first-order valence-corrected chi connectivity index (χ1v) is 14.6. The van der Waals surface area contributed by atoms with E-state index in [1.165, 1.54) is 48.6 Å². The van der Waals surface area contributed by atoms with E-state index in [9.17, 15) is 94.8 Å². The second kappa shape index (κ2) is 13.5. The van der Waals surface area contributed by atoms with E-state index in [-0.39, 0.29) is 24.3 Å². The number of halogens is 12. The summed E-state index contributed by atoms with van der Waals surface area (Å²) in [6, 6.07) is 10.7. The number of benzene rings is 3. The van der Waals surface area contributed by atoms with E-state index in [4.69, 9.17) is 0 Å². The van der Waals surface area contributed by atoms with Crippen LogP contribution in [0.3, 0.4) is 0 Å². The molecule has 0 amide bonds. The zero-order valence-electron chi connectivity index (χ0n) is 26.9. The molecule has 0 radical (unpaired) electrons. The highest BCUT2D eigenvalue weighted by Crippen LogP contribution is 2.59. The molecule has 0 heterocycles. The van der Waals surface area contributed by atoms with E-state index >= 15 is 0 Å². The molecule has 0 bridgehead atoms. The molecular weight excluding hydrogens is 784 g/mol. The van der Waals surface area contributed by atoms with Crippen molar-refractivity contribution in [2.75, 3.05) is 0 Å². The third-order valence-electron chi connectivity index (χ3n) is 8.49. The Hall–Kier alpha value is -8.30. The van der Waals surface area contributed by atoms with Crippen molar-refractivity contribution in [1.82, 2.24) is 0 Å². The fourth-order valence-electron chi connectivity index (χ4n) is 6.42. The molecule has 3 aromatic rings. The molecule has 2 aliphatic rings. The fourth-order valence-corrected chi connectivity index (χ4v) is 6.42. The van der Waals surface area contributed by atoms with Crippen LogP contribution in [0.4, 0.5) is 52.7 Å². The summed E-state index contributed by atoms with van der Waals surface area (Å²) < 4.78 is 170. The van der Waals surface area contributed by atoms with Crippen LogP contribution in [0.1, 0.15) is 61.2 Å². The molecule has 0 atom stereocenters. The van der Waals surface area contributed by atoms with Crippen molar-refractivity contribution in [2.45, 2.75) is 18.5 Å². The van der Waals surface area contributed by atoms with E-state index < -0.39 is 142 Å². The van der Waals surface area contributed by atoms with Crippen molar-refractivity contribution >= 4 is 33.4 Å². The van der Waals surface area contributed by atoms with Crippen molar-refractivity contribution in [2.24, 2.45) is 0 Å². The van der Waals surface area contributed by atoms with Crippen LogP contribution in [0, 0.1) is 108 Å². The van der Waals surface area contributed by atoms with E-state index in [1.807, 2.05) is 0 Å². The lowest BCUT2D eigenvalue weighted by molar-refractivity contribution is -0.147. The largest absolute Gasteiger partial charge is 0.419 e. The van der Waals surface area contributed by atoms with E-state index in [0.29, 0.717) is 0 Å². The standard InChI is InChI=1S/C37H4F12N8/c38-24-4-14(3-23(34(24)40)37(47,48)49)26-18(10-55)30-20(12-57)31-27(15(5-50)6-51)25(13-1-21(35(41,42)43)33(39)22(2-13)36(44,45)46)17(9-54)29(31)19(11-56)32(30)28(26)16(7-52)8-53/h1-4H. The van der Waals surface area contributed by atoms with Gasteiger partial charge in [-0.15, -0.1) is 0 Å². The zero-order chi connectivity index (χ0) is 42.7. The van der Waals surface area contributed by atoms with Gasteiger partial charge in [-0.3, -0.25) is 0 Å². The Morgan fingerprint density at radius 2 is 0.737 bits per heavy atom. The van der Waals surface area contributed by atoms with E-state index in [1.54, 1.807) is 0 Å². The van der Waals surface area contributed by atoms with Crippen molar-refractivity contribution < 1.29 is 52.7 Å². The molecule has 3 aromatic carbocycles. The molecule has 0 spiro atoms. The second-order valence-corrected chi connectivity index (χ2v) is 11.3. The number of alkyl halides is 9. The smallest absolute Gasteiger partial charge is 0.206 e. The van der Waals surface area contributed by atoms with Gasteiger partial charge in [-0.1, -0.05) is 0 Å². The molecule has 276 valence electrons. The van der Waals surface area contributed by atoms with Crippen LogP contribution in [0.25, 0.3) is 33.4 Å². The van der Waals surface area contributed by atoms with Crippen LogP contribution in [-0.4, -0.2) is 0 Å². The topological polar surface area (TPSA) is 190 Å². The molecule has 57 heavy (non-hydrogen) atoms. The summed E-state index contributed by atoms with van der Waals surface area (Å²) in [7, 11) is 0. The number of hydrogen-bond donors (Lipinski definition) is 0. The van der Waals surface area contributed by atoms with Crippen molar-refractivity contribution in [1.29, 1.82) is 42.1 Å². The molecule has 0 fully saturated rings. The summed E-state index contributed by atoms with van der Waals surface area (Å²) in [6.07, 6.45) is -17.4. The normalized spacial score (nSPS) is 13.3. The van der Waals surface area contributed by atoms with Gasteiger partial charge in [-0.05, 0) is 35.4 Å². The van der Waals surface area contributed by atoms with Gasteiger partial charge in [0, 0.05) is 44.5 Å². The van der Waals surface area contributed by atoms with Crippen LogP contribution in [0.2, 0.25) is 0 Å². The summed E-state index contributed by atoms with van der Waals surface area (Å²) in [5.74, 6) is -7.45. The Morgan fingerprint density at radius 3 is 1.02 bits per heavy atom. The molecule has 5 rings (SSSR count). The maximum atomic E-state index is 14.8. The van der Waals surface area contributed by atoms with E-state index in [2.05, 4.69) is 0 Å². The summed E-state index contributed by atoms with van der Waals surface area (Å²) in [5, 5.41) is 81.7. The van der Waals surface area contributed by atoms with Crippen LogP contribution >= 0.6 is 0 Å². The van der Waals surface area contributed by atoms with Crippen LogP contribution in [0.5, 0.6) is 0 Å². The number of fused-ring (bicyclic) bond motifs is 2. The maximum absolute atomic E-state index is 14.8. The van der Waals surface area contributed by atoms with Crippen LogP contribution in [-0.2, 0) is 18.5 Å². The Bertz CT molecular complexity index is 2850. The minimum atomic E-state index is -5.87. The Kier molecular flexibility index (Phi) is 9.47. The van der Waals surface area contributed by atoms with Crippen LogP contribution < -0.4 is 0 Å². The predicted molar refractivity (Wildman–Crippen MR) is 165 cm³/mol. The third-order valence-corrected chi connectivity index (χ3v) is 8.49. The Morgan fingerprint density at radius 1 is 0.421 bits per heavy atom. The van der Waals surface area contributed by atoms with Gasteiger partial charge in [0.15, 0.2) is 11.6 Å². The van der Waals surface area contributed by atoms with Gasteiger partial charge in [-0.2, -0.15) is 81.6 Å². The lowest BCUT2D eigenvalue weighted by Crippen LogP contribution is -2.16. The minimum Gasteiger partial charge on any atom is -0.206 e. The third kappa shape index (κ3) is 5.92. The monoisotopic (exact) mass is 788 g/mol. The summed E-state index contributed by atoms with van der Waals surface area (Å²) in [4.78, 5) is 0. The van der Waals surface area contributed by atoms with Gasteiger partial charge in [0.25, 0.3) is 0 Å². The second-order valence-electron chi connectivity index (χ2n) is 11.3. The minimum absolute atomic E-state index is 0.0480. The van der Waals surface area contributed by atoms with Gasteiger partial charge in [0.2, 0.25) is 0 Å². The summed E-state index contributed by atoms with van der Waals surface area (Å²) >= 11 is 0. The predicted octanol–water partition coefficient (Wildman–Crippen LogP) is 9.40. The molecule has 8 nitrogen and oxygen atoms in total. The highest BCUT2D eigenvalue weighted by molar-refractivity contribution is 6.32. The van der Waals surface area contributed by atoms with E-state index in [0.717, 1.165) is 0 Å². The average Bonchev–Trinajstić information content (AvgIpc) is 3.65. The van der Waals surface area contributed by atoms with Crippen molar-refractivity contribution in [3.8, 4) is 48.6 Å². The van der Waals surface area contributed by atoms with Crippen molar-refractivity contribution in [3.05, 3.63) is 114 Å². The van der Waals surface area contributed by atoms with Gasteiger partial charge >= 0.3 is 18.5 Å². The average molecular weight is 788 g/mol. The van der Waals surface area contributed by atoms with Gasteiger partial charge in [0.05, 0.1) is 39.0 Å². The summed E-state index contributed by atoms with van der Waals surface area (Å²) in [6.45, 7) is 0. The quantitative estimate of drug-likeness (QED) is 0.181. The SMILES string of the molecule is N#CC(C#N)=C1C(c2cc(F)c(F)c(C(F)(F)F)c2)=C(C#N)c2c(C#N)c3c(c(C#N)c21)C(C#N)=C(c1cc(C(F)(F)F)c(F)c(C(F)(F)F)c1)C3=C(C#N)C#N. The molecule has 0 aliphatic heterocycles. The van der Waals surface area contributed by atoms with Gasteiger partial charge in [0.1, 0.15) is 65.5 Å². The number of rotatable bonds is 2. The maximum Gasteiger partial charge on any atom is 0.419 e. The lowest BCUT2D eigenvalue weighted by Gasteiger charge is -2.18. The molecule has 0 N–H and O–H groups in total. The lowest BCUT2D eigenvalue weighted by atomic mass is 9.82. The molecule has 0 saturated heterocycles. The number of hydrogen-bond acceptors (Lipinski definition) is 8. The first-order valence-electron chi connectivity index (χ1n) is 14.6. The summed E-state index contributed by atoms with van der Waals surface area (Å²) in [5.41, 5.74) is -24.7. The molecule has 2 aliphatic carbocycles. The Labute approximate surface area is 309 Å². The van der Waals surface area contributed by atoms with Crippen LogP contribution in [0.15, 0.2) is 35.4 Å². The Balaban J connectivity index is 2.13. The van der Waals surface area contributed by atoms with Crippen molar-refractivity contribution in [3.63, 3.8) is 0 Å². The first-order chi connectivity index (χ1) is 26.6. The molecule has 0 aromatic heterocycles. The molecule has 0 unspecified atom stereocenters. The number of allylic oxidation sites excluding steroid dienone is 8. The van der Waals surface area contributed by atoms with Gasteiger partial charge < -0.3 is 0 Å². The molecule has 0 saturated carbocycles. The highest BCUT2D eigenvalue weighted by atomic mass is 19.4. The number of nitrogens with zero attached hydrogens (tertiary/aromatic N) is 8.